The van der Waals surface area contributed by atoms with Gasteiger partial charge < -0.3 is 9.47 Å². The molecule has 0 bridgehead atoms. The fourth-order valence-corrected chi connectivity index (χ4v) is 2.26. The molecular weight excluding hydrogens is 252 g/mol. The molecule has 0 amide bonds. The quantitative estimate of drug-likeness (QED) is 0.434. The Balaban J connectivity index is 2.69. The molecule has 0 saturated heterocycles. The monoisotopic (exact) mass is 264 g/mol. The van der Waals surface area contributed by atoms with E-state index < -0.39 is 17.9 Å². The molecule has 0 aliphatic heterocycles. The molecule has 0 aromatic heterocycles. The Hall–Kier alpha value is -0.580. The van der Waals surface area contributed by atoms with E-state index in [1.807, 2.05) is 0 Å². The molecule has 5 heteroatoms. The first-order valence-electron chi connectivity index (χ1n) is 4.41. The smallest absolute Gasteiger partial charge is 0.321 e. The van der Waals surface area contributed by atoms with E-state index in [2.05, 4.69) is 25.4 Å². The third kappa shape index (κ3) is 2.47. The van der Waals surface area contributed by atoms with Gasteiger partial charge in [0, 0.05) is 4.83 Å². The highest BCUT2D eigenvalue weighted by Gasteiger charge is 2.43. The number of carbonyl (C=O) groups is 2. The van der Waals surface area contributed by atoms with Gasteiger partial charge in [-0.2, -0.15) is 0 Å². The zero-order valence-corrected chi connectivity index (χ0v) is 9.74. The van der Waals surface area contributed by atoms with Crippen LogP contribution in [0.5, 0.6) is 0 Å². The Bertz CT molecular complexity index is 221. The van der Waals surface area contributed by atoms with Gasteiger partial charge in [-0.15, -0.1) is 0 Å². The van der Waals surface area contributed by atoms with E-state index in [1.54, 1.807) is 0 Å². The van der Waals surface area contributed by atoms with Crippen LogP contribution in [0.3, 0.4) is 0 Å². The summed E-state index contributed by atoms with van der Waals surface area (Å²) in [5.74, 6) is -1.52. The van der Waals surface area contributed by atoms with Crippen LogP contribution < -0.4 is 0 Å². The summed E-state index contributed by atoms with van der Waals surface area (Å²) >= 11 is 3.35. The van der Waals surface area contributed by atoms with Crippen molar-refractivity contribution in [2.24, 2.45) is 11.8 Å². The first-order valence-corrected chi connectivity index (χ1v) is 5.33. The maximum atomic E-state index is 11.3. The van der Waals surface area contributed by atoms with Crippen LogP contribution in [-0.2, 0) is 19.1 Å². The highest BCUT2D eigenvalue weighted by Crippen LogP contribution is 2.40. The van der Waals surface area contributed by atoms with Crippen molar-refractivity contribution in [1.29, 1.82) is 0 Å². The molecule has 1 unspecified atom stereocenters. The lowest BCUT2D eigenvalue weighted by molar-refractivity contribution is -0.158. The zero-order valence-electron chi connectivity index (χ0n) is 8.16. The van der Waals surface area contributed by atoms with E-state index in [-0.39, 0.29) is 4.83 Å². The minimum atomic E-state index is -0.836. The molecule has 1 aliphatic rings. The van der Waals surface area contributed by atoms with Crippen LogP contribution in [-0.4, -0.2) is 31.0 Å². The molecule has 1 atom stereocenters. The van der Waals surface area contributed by atoms with Crippen LogP contribution in [0, 0.1) is 11.8 Å². The molecule has 0 aromatic carbocycles. The molecular formula is C9H13BrO4. The predicted molar refractivity (Wildman–Crippen MR) is 53.0 cm³/mol. The van der Waals surface area contributed by atoms with E-state index in [0.29, 0.717) is 5.92 Å². The molecule has 1 rings (SSSR count). The topological polar surface area (TPSA) is 52.6 Å². The van der Waals surface area contributed by atoms with E-state index in [9.17, 15) is 9.59 Å². The summed E-state index contributed by atoms with van der Waals surface area (Å²) in [4.78, 5) is 22.5. The molecule has 0 aromatic rings. The van der Waals surface area contributed by atoms with Crippen LogP contribution in [0.4, 0.5) is 0 Å². The summed E-state index contributed by atoms with van der Waals surface area (Å²) < 4.78 is 9.13. The van der Waals surface area contributed by atoms with Crippen molar-refractivity contribution in [1.82, 2.24) is 0 Å². The number of alkyl halides is 1. The van der Waals surface area contributed by atoms with Crippen LogP contribution in [0.1, 0.15) is 12.8 Å². The molecule has 0 radical (unpaired) electrons. The van der Waals surface area contributed by atoms with Gasteiger partial charge in [-0.25, -0.2) is 0 Å². The van der Waals surface area contributed by atoms with Gasteiger partial charge >= 0.3 is 11.9 Å². The summed E-state index contributed by atoms with van der Waals surface area (Å²) in [7, 11) is 2.54. The lowest BCUT2D eigenvalue weighted by Crippen LogP contribution is -2.34. The van der Waals surface area contributed by atoms with Crippen molar-refractivity contribution in [2.75, 3.05) is 14.2 Å². The first-order chi connectivity index (χ1) is 6.61. The molecule has 0 N–H and O–H groups in total. The second-order valence-electron chi connectivity index (χ2n) is 3.31. The van der Waals surface area contributed by atoms with Gasteiger partial charge in [0.2, 0.25) is 0 Å². The van der Waals surface area contributed by atoms with Crippen LogP contribution in [0.15, 0.2) is 0 Å². The average Bonchev–Trinajstić information content (AvgIpc) is 3.00. The number of carbonyl (C=O) groups excluding carboxylic acids is 2. The molecule has 4 nitrogen and oxygen atoms in total. The van der Waals surface area contributed by atoms with Crippen LogP contribution in [0.25, 0.3) is 0 Å². The Morgan fingerprint density at radius 1 is 1.21 bits per heavy atom. The lowest BCUT2D eigenvalue weighted by Gasteiger charge is -2.17. The Morgan fingerprint density at radius 2 is 1.64 bits per heavy atom. The average molecular weight is 265 g/mol. The number of ether oxygens (including phenoxy) is 2. The number of hydrogen-bond acceptors (Lipinski definition) is 4. The standard InChI is InChI=1S/C9H13BrO4/c1-13-8(11)6(9(12)14-2)7(10)5-3-4-5/h5-7H,3-4H2,1-2H3. The van der Waals surface area contributed by atoms with Crippen molar-refractivity contribution < 1.29 is 19.1 Å². The van der Waals surface area contributed by atoms with Crippen LogP contribution in [0.2, 0.25) is 0 Å². The van der Waals surface area contributed by atoms with Crippen molar-refractivity contribution in [2.45, 2.75) is 17.7 Å². The van der Waals surface area contributed by atoms with Crippen molar-refractivity contribution in [3.63, 3.8) is 0 Å². The predicted octanol–water partition coefficient (Wildman–Crippen LogP) is 1.12. The highest BCUT2D eigenvalue weighted by molar-refractivity contribution is 9.09. The summed E-state index contributed by atoms with van der Waals surface area (Å²) in [6.07, 6.45) is 2.08. The molecule has 0 spiro atoms. The van der Waals surface area contributed by atoms with Gasteiger partial charge in [-0.05, 0) is 18.8 Å². The second-order valence-corrected chi connectivity index (χ2v) is 4.36. The largest absolute Gasteiger partial charge is 0.468 e. The third-order valence-corrected chi connectivity index (χ3v) is 3.58. The minimum absolute atomic E-state index is 0.164. The Kier molecular flexibility index (Phi) is 3.92. The summed E-state index contributed by atoms with van der Waals surface area (Å²) in [5, 5.41) is 0. The fourth-order valence-electron chi connectivity index (χ4n) is 1.30. The lowest BCUT2D eigenvalue weighted by atomic mass is 10.0. The molecule has 14 heavy (non-hydrogen) atoms. The van der Waals surface area contributed by atoms with Crippen LogP contribution >= 0.6 is 15.9 Å². The molecule has 1 fully saturated rings. The van der Waals surface area contributed by atoms with E-state index in [4.69, 9.17) is 0 Å². The van der Waals surface area contributed by atoms with Crippen molar-refractivity contribution >= 4 is 27.9 Å². The second kappa shape index (κ2) is 4.77. The number of rotatable bonds is 4. The highest BCUT2D eigenvalue weighted by atomic mass is 79.9. The third-order valence-electron chi connectivity index (χ3n) is 2.30. The summed E-state index contributed by atoms with van der Waals surface area (Å²) in [5.41, 5.74) is 0. The number of hydrogen-bond donors (Lipinski definition) is 0. The molecule has 80 valence electrons. The first kappa shape index (κ1) is 11.5. The molecule has 1 saturated carbocycles. The number of esters is 2. The maximum Gasteiger partial charge on any atom is 0.321 e. The Labute approximate surface area is 91.1 Å². The Morgan fingerprint density at radius 3 is 1.93 bits per heavy atom. The number of methoxy groups -OCH3 is 2. The summed E-state index contributed by atoms with van der Waals surface area (Å²) in [6.45, 7) is 0. The van der Waals surface area contributed by atoms with Gasteiger partial charge in [0.25, 0.3) is 0 Å². The molecule has 0 heterocycles. The fraction of sp³-hybridized carbons (Fsp3) is 0.778. The van der Waals surface area contributed by atoms with Gasteiger partial charge in [0.1, 0.15) is 0 Å². The van der Waals surface area contributed by atoms with Crippen molar-refractivity contribution in [3.05, 3.63) is 0 Å². The van der Waals surface area contributed by atoms with E-state index in [0.717, 1.165) is 12.8 Å². The van der Waals surface area contributed by atoms with Gasteiger partial charge in [0.05, 0.1) is 14.2 Å². The minimum Gasteiger partial charge on any atom is -0.468 e. The zero-order chi connectivity index (χ0) is 10.7. The maximum absolute atomic E-state index is 11.3. The molecule has 1 aliphatic carbocycles. The normalized spacial score (nSPS) is 17.7. The van der Waals surface area contributed by atoms with Gasteiger partial charge in [0.15, 0.2) is 5.92 Å². The summed E-state index contributed by atoms with van der Waals surface area (Å²) in [6, 6.07) is 0. The van der Waals surface area contributed by atoms with Crippen molar-refractivity contribution in [3.8, 4) is 0 Å². The number of halogens is 1. The van der Waals surface area contributed by atoms with E-state index in [1.165, 1.54) is 14.2 Å². The van der Waals surface area contributed by atoms with E-state index >= 15 is 0 Å². The SMILES string of the molecule is COC(=O)C(C(=O)OC)C(Br)C1CC1. The van der Waals surface area contributed by atoms with Gasteiger partial charge in [-0.1, -0.05) is 15.9 Å². The van der Waals surface area contributed by atoms with Gasteiger partial charge in [-0.3, -0.25) is 9.59 Å².